The van der Waals surface area contributed by atoms with Crippen LogP contribution in [-0.4, -0.2) is 5.97 Å². The molecule has 2 aromatic rings. The second-order valence-electron chi connectivity index (χ2n) is 4.01. The van der Waals surface area contributed by atoms with Crippen molar-refractivity contribution in [2.24, 2.45) is 0 Å². The molecule has 0 N–H and O–H groups in total. The minimum absolute atomic E-state index is 0.320. The Morgan fingerprint density at radius 2 is 1.85 bits per heavy atom. The molecule has 2 rings (SSSR count). The Bertz CT molecular complexity index is 621. The largest absolute Gasteiger partial charge is 0.426 e. The molecule has 102 valence electrons. The molecular formula is C16H13ClO2S. The number of carbonyl (C=O) groups is 1. The predicted octanol–water partition coefficient (Wildman–Crippen LogP) is 5.03. The van der Waals surface area contributed by atoms with Gasteiger partial charge < -0.3 is 4.74 Å². The van der Waals surface area contributed by atoms with Crippen molar-refractivity contribution in [1.29, 1.82) is 0 Å². The van der Waals surface area contributed by atoms with E-state index in [0.717, 1.165) is 15.5 Å². The Labute approximate surface area is 127 Å². The number of rotatable bonds is 4. The third-order valence-electron chi connectivity index (χ3n) is 2.43. The van der Waals surface area contributed by atoms with Crippen molar-refractivity contribution in [1.82, 2.24) is 0 Å². The van der Waals surface area contributed by atoms with Gasteiger partial charge in [0.1, 0.15) is 5.75 Å². The molecule has 0 atom stereocenters. The Morgan fingerprint density at radius 1 is 1.15 bits per heavy atom. The summed E-state index contributed by atoms with van der Waals surface area (Å²) in [6.45, 7) is 1.39. The first kappa shape index (κ1) is 14.7. The molecule has 0 radical (unpaired) electrons. The Hall–Kier alpha value is -1.71. The van der Waals surface area contributed by atoms with Gasteiger partial charge in [0.2, 0.25) is 0 Å². The van der Waals surface area contributed by atoms with Gasteiger partial charge in [-0.25, -0.2) is 0 Å². The molecule has 0 saturated heterocycles. The quantitative estimate of drug-likeness (QED) is 0.450. The average Bonchev–Trinajstić information content (AvgIpc) is 2.42. The van der Waals surface area contributed by atoms with Gasteiger partial charge in [0.25, 0.3) is 0 Å². The normalized spacial score (nSPS) is 10.7. The van der Waals surface area contributed by atoms with Gasteiger partial charge in [-0.3, -0.25) is 4.79 Å². The molecular weight excluding hydrogens is 292 g/mol. The van der Waals surface area contributed by atoms with Crippen LogP contribution in [0.4, 0.5) is 0 Å². The second kappa shape index (κ2) is 7.17. The maximum atomic E-state index is 11.0. The number of thioether (sulfide) groups is 1. The van der Waals surface area contributed by atoms with Crippen molar-refractivity contribution in [3.05, 3.63) is 64.5 Å². The van der Waals surface area contributed by atoms with Crippen molar-refractivity contribution >= 4 is 35.4 Å². The van der Waals surface area contributed by atoms with Gasteiger partial charge in [0.05, 0.1) is 4.90 Å². The summed E-state index contributed by atoms with van der Waals surface area (Å²) in [7, 11) is 0. The number of benzene rings is 2. The third-order valence-corrected chi connectivity index (χ3v) is 3.54. The first-order chi connectivity index (χ1) is 9.65. The van der Waals surface area contributed by atoms with E-state index in [0.29, 0.717) is 5.75 Å². The van der Waals surface area contributed by atoms with Gasteiger partial charge in [-0.15, -0.1) is 0 Å². The number of ether oxygens (including phenoxy) is 1. The van der Waals surface area contributed by atoms with Crippen LogP contribution < -0.4 is 4.74 Å². The summed E-state index contributed by atoms with van der Waals surface area (Å²) in [5.41, 5.74) is 1.06. The van der Waals surface area contributed by atoms with Gasteiger partial charge in [0, 0.05) is 11.9 Å². The smallest absolute Gasteiger partial charge is 0.308 e. The first-order valence-electron chi connectivity index (χ1n) is 6.01. The van der Waals surface area contributed by atoms with E-state index in [4.69, 9.17) is 16.3 Å². The van der Waals surface area contributed by atoms with Crippen molar-refractivity contribution in [3.63, 3.8) is 0 Å². The van der Waals surface area contributed by atoms with Crippen LogP contribution >= 0.6 is 23.4 Å². The molecule has 0 saturated carbocycles. The molecule has 0 amide bonds. The Kier molecular flexibility index (Phi) is 5.27. The van der Waals surface area contributed by atoms with E-state index >= 15 is 0 Å². The van der Waals surface area contributed by atoms with Gasteiger partial charge in [-0.2, -0.15) is 0 Å². The number of esters is 1. The zero-order chi connectivity index (χ0) is 14.4. The number of hydrogen-bond acceptors (Lipinski definition) is 3. The van der Waals surface area contributed by atoms with Crippen LogP contribution in [0.25, 0.3) is 6.08 Å². The molecule has 4 heteroatoms. The van der Waals surface area contributed by atoms with E-state index in [1.165, 1.54) is 18.7 Å². The standard InChI is InChI=1S/C16H13ClO2S/c1-12(18)19-15-4-2-3-5-16(15)20-11-10-13-6-8-14(17)9-7-13/h2-11H,1H3/b11-10+. The van der Waals surface area contributed by atoms with Crippen molar-refractivity contribution < 1.29 is 9.53 Å². The molecule has 0 aliphatic rings. The fourth-order valence-corrected chi connectivity index (χ4v) is 2.43. The molecule has 20 heavy (non-hydrogen) atoms. The fraction of sp³-hybridized carbons (Fsp3) is 0.0625. The summed E-state index contributed by atoms with van der Waals surface area (Å²) in [6.07, 6.45) is 1.98. The monoisotopic (exact) mass is 304 g/mol. The number of halogens is 1. The molecule has 0 spiro atoms. The lowest BCUT2D eigenvalue weighted by molar-refractivity contribution is -0.132. The highest BCUT2D eigenvalue weighted by molar-refractivity contribution is 8.02. The molecule has 0 aliphatic carbocycles. The summed E-state index contributed by atoms with van der Waals surface area (Å²) in [5.74, 6) is 0.255. The van der Waals surface area contributed by atoms with Gasteiger partial charge >= 0.3 is 5.97 Å². The molecule has 0 aliphatic heterocycles. The van der Waals surface area contributed by atoms with E-state index < -0.39 is 0 Å². The first-order valence-corrected chi connectivity index (χ1v) is 7.27. The number of carbonyl (C=O) groups excluding carboxylic acids is 1. The molecule has 0 unspecified atom stereocenters. The summed E-state index contributed by atoms with van der Waals surface area (Å²) in [5, 5.41) is 2.67. The van der Waals surface area contributed by atoms with Gasteiger partial charge in [-0.05, 0) is 41.3 Å². The van der Waals surface area contributed by atoms with E-state index in [1.54, 1.807) is 6.07 Å². The van der Waals surface area contributed by atoms with Crippen molar-refractivity contribution in [2.75, 3.05) is 0 Å². The highest BCUT2D eigenvalue weighted by Crippen LogP contribution is 2.30. The van der Waals surface area contributed by atoms with Crippen LogP contribution in [0.5, 0.6) is 5.75 Å². The molecule has 2 aromatic carbocycles. The van der Waals surface area contributed by atoms with E-state index in [-0.39, 0.29) is 5.97 Å². The molecule has 0 bridgehead atoms. The Morgan fingerprint density at radius 3 is 2.55 bits per heavy atom. The molecule has 2 nitrogen and oxygen atoms in total. The number of hydrogen-bond donors (Lipinski definition) is 0. The summed E-state index contributed by atoms with van der Waals surface area (Å²) in [4.78, 5) is 11.9. The van der Waals surface area contributed by atoms with E-state index in [1.807, 2.05) is 53.9 Å². The second-order valence-corrected chi connectivity index (χ2v) is 5.40. The summed E-state index contributed by atoms with van der Waals surface area (Å²) < 4.78 is 5.15. The zero-order valence-electron chi connectivity index (χ0n) is 10.9. The Balaban J connectivity index is 2.07. The highest BCUT2D eigenvalue weighted by atomic mass is 35.5. The topological polar surface area (TPSA) is 26.3 Å². The van der Waals surface area contributed by atoms with Crippen LogP contribution in [0.1, 0.15) is 12.5 Å². The molecule has 0 heterocycles. The summed E-state index contributed by atoms with van der Waals surface area (Å²) in [6, 6.07) is 15.0. The molecule has 0 fully saturated rings. The lowest BCUT2D eigenvalue weighted by Gasteiger charge is -2.05. The fourth-order valence-electron chi connectivity index (χ4n) is 1.55. The third kappa shape index (κ3) is 4.44. The zero-order valence-corrected chi connectivity index (χ0v) is 12.4. The highest BCUT2D eigenvalue weighted by Gasteiger charge is 2.04. The average molecular weight is 305 g/mol. The van der Waals surface area contributed by atoms with Gasteiger partial charge in [-0.1, -0.05) is 47.6 Å². The lowest BCUT2D eigenvalue weighted by atomic mass is 10.2. The molecule has 0 aromatic heterocycles. The van der Waals surface area contributed by atoms with Crippen LogP contribution in [0, 0.1) is 0 Å². The predicted molar refractivity (Wildman–Crippen MR) is 84.1 cm³/mol. The number of para-hydroxylation sites is 1. The minimum Gasteiger partial charge on any atom is -0.426 e. The maximum absolute atomic E-state index is 11.0. The van der Waals surface area contributed by atoms with Crippen molar-refractivity contribution in [2.45, 2.75) is 11.8 Å². The SMILES string of the molecule is CC(=O)Oc1ccccc1S/C=C/c1ccc(Cl)cc1. The lowest BCUT2D eigenvalue weighted by Crippen LogP contribution is -2.01. The minimum atomic E-state index is -0.320. The van der Waals surface area contributed by atoms with E-state index in [9.17, 15) is 4.79 Å². The van der Waals surface area contributed by atoms with Crippen LogP contribution in [0.15, 0.2) is 58.8 Å². The van der Waals surface area contributed by atoms with Crippen LogP contribution in [0.3, 0.4) is 0 Å². The van der Waals surface area contributed by atoms with Crippen LogP contribution in [-0.2, 0) is 4.79 Å². The van der Waals surface area contributed by atoms with Crippen LogP contribution in [0.2, 0.25) is 5.02 Å². The summed E-state index contributed by atoms with van der Waals surface area (Å²) >= 11 is 7.33. The maximum Gasteiger partial charge on any atom is 0.308 e. The van der Waals surface area contributed by atoms with Gasteiger partial charge in [0.15, 0.2) is 0 Å². The van der Waals surface area contributed by atoms with E-state index in [2.05, 4.69) is 0 Å². The van der Waals surface area contributed by atoms with Crippen molar-refractivity contribution in [3.8, 4) is 5.75 Å².